The quantitative estimate of drug-likeness (QED) is 0.641. The van der Waals surface area contributed by atoms with Gasteiger partial charge in [-0.15, -0.1) is 0 Å². The summed E-state index contributed by atoms with van der Waals surface area (Å²) in [5, 5.41) is 28.1. The fourth-order valence-electron chi connectivity index (χ4n) is 3.76. The van der Waals surface area contributed by atoms with Gasteiger partial charge in [0.1, 0.15) is 0 Å². The fourth-order valence-corrected chi connectivity index (χ4v) is 3.76. The Kier molecular flexibility index (Phi) is 7.46. The molecule has 0 aromatic carbocycles. The summed E-state index contributed by atoms with van der Waals surface area (Å²) >= 11 is 0. The molecule has 168 valence electrons. The molecule has 2 aromatic heterocycles. The number of hydrogen-bond acceptors (Lipinski definition) is 6. The number of aromatic nitrogens is 4. The molecule has 0 amide bonds. The van der Waals surface area contributed by atoms with Crippen molar-refractivity contribution >= 4 is 11.4 Å². The number of likely N-dealkylation sites (N-methyl/N-ethyl adjacent to an activating group) is 1. The Balaban J connectivity index is 1.99. The van der Waals surface area contributed by atoms with Crippen LogP contribution in [0.4, 0.5) is 0 Å². The Labute approximate surface area is 184 Å². The average molecular weight is 427 g/mol. The van der Waals surface area contributed by atoms with E-state index in [1.54, 1.807) is 10.9 Å². The Morgan fingerprint density at radius 3 is 2.32 bits per heavy atom. The molecule has 1 aliphatic rings. The third-order valence-electron chi connectivity index (χ3n) is 5.82. The third kappa shape index (κ3) is 4.80. The summed E-state index contributed by atoms with van der Waals surface area (Å²) in [6, 6.07) is 0.0416. The average Bonchev–Trinajstić information content (AvgIpc) is 3.45. The zero-order valence-corrected chi connectivity index (χ0v) is 19.1. The third-order valence-corrected chi connectivity index (χ3v) is 5.82. The molecule has 0 radical (unpaired) electrons. The molecule has 8 nitrogen and oxygen atoms in total. The van der Waals surface area contributed by atoms with Crippen molar-refractivity contribution in [3.05, 3.63) is 53.9 Å². The lowest BCUT2D eigenvalue weighted by Crippen LogP contribution is -2.25. The van der Waals surface area contributed by atoms with Crippen LogP contribution in [0.15, 0.2) is 47.8 Å². The normalized spacial score (nSPS) is 17.8. The van der Waals surface area contributed by atoms with Gasteiger partial charge < -0.3 is 15.1 Å². The van der Waals surface area contributed by atoms with Gasteiger partial charge in [0.25, 0.3) is 0 Å². The lowest BCUT2D eigenvalue weighted by atomic mass is 10.1. The molecule has 2 aromatic rings. The Bertz CT molecular complexity index is 966. The predicted octanol–water partition coefficient (Wildman–Crippen LogP) is 3.38. The van der Waals surface area contributed by atoms with Gasteiger partial charge in [0.05, 0.1) is 54.3 Å². The second-order valence-corrected chi connectivity index (χ2v) is 7.96. The van der Waals surface area contributed by atoms with Crippen LogP contribution in [0, 0.1) is 0 Å². The van der Waals surface area contributed by atoms with Crippen molar-refractivity contribution in [2.24, 2.45) is 4.99 Å². The Morgan fingerprint density at radius 1 is 1.03 bits per heavy atom. The van der Waals surface area contributed by atoms with Gasteiger partial charge >= 0.3 is 0 Å². The summed E-state index contributed by atoms with van der Waals surface area (Å²) in [5.74, 6) is 0. The molecule has 0 bridgehead atoms. The largest absolute Gasteiger partial charge is 0.394 e. The molecule has 0 spiro atoms. The van der Waals surface area contributed by atoms with Gasteiger partial charge in [-0.2, -0.15) is 10.2 Å². The van der Waals surface area contributed by atoms with E-state index in [9.17, 15) is 10.2 Å². The summed E-state index contributed by atoms with van der Waals surface area (Å²) < 4.78 is 3.70. The standard InChI is InChI=1S/C23H34N6O2/c1-6-9-21-23(18-11-25-29(13-18)19(7-2)8-3)26-20(14-27(21)5)17-10-24-28(12-17)16(4)22(31)15-30/h9-14,16,19,22,30-31H,6-8,15H2,1-5H3/b21-9-/t16-,22+/m1/s1. The monoisotopic (exact) mass is 426 g/mol. The summed E-state index contributed by atoms with van der Waals surface area (Å²) in [7, 11) is 2.02. The van der Waals surface area contributed by atoms with Crippen molar-refractivity contribution in [3.63, 3.8) is 0 Å². The second-order valence-electron chi connectivity index (χ2n) is 7.96. The number of aliphatic imine (C=N–C) groups is 1. The van der Waals surface area contributed by atoms with E-state index in [-0.39, 0.29) is 12.6 Å². The van der Waals surface area contributed by atoms with Crippen LogP contribution >= 0.6 is 0 Å². The van der Waals surface area contributed by atoms with Crippen LogP contribution in [0.2, 0.25) is 0 Å². The van der Waals surface area contributed by atoms with Crippen molar-refractivity contribution in [1.82, 2.24) is 24.5 Å². The van der Waals surface area contributed by atoms with Crippen molar-refractivity contribution in [2.75, 3.05) is 13.7 Å². The van der Waals surface area contributed by atoms with Crippen molar-refractivity contribution in [3.8, 4) is 0 Å². The van der Waals surface area contributed by atoms with Gasteiger partial charge in [0.15, 0.2) is 0 Å². The molecule has 0 saturated carbocycles. The minimum absolute atomic E-state index is 0.310. The molecule has 1 aliphatic heterocycles. The molecule has 0 fully saturated rings. The number of aliphatic hydroxyl groups is 2. The molecule has 2 N–H and O–H groups in total. The highest BCUT2D eigenvalue weighted by Gasteiger charge is 2.23. The maximum Gasteiger partial charge on any atom is 0.0991 e. The molecule has 31 heavy (non-hydrogen) atoms. The number of nitrogens with zero attached hydrogens (tertiary/aromatic N) is 6. The van der Waals surface area contributed by atoms with E-state index in [1.165, 1.54) is 0 Å². The van der Waals surface area contributed by atoms with Gasteiger partial charge in [-0.25, -0.2) is 4.99 Å². The van der Waals surface area contributed by atoms with Crippen LogP contribution in [0.25, 0.3) is 5.70 Å². The summed E-state index contributed by atoms with van der Waals surface area (Å²) in [4.78, 5) is 7.07. The van der Waals surface area contributed by atoms with Crippen LogP contribution in [0.1, 0.15) is 70.2 Å². The summed E-state index contributed by atoms with van der Waals surface area (Å²) in [6.45, 7) is 7.98. The number of rotatable bonds is 9. The van der Waals surface area contributed by atoms with E-state index >= 15 is 0 Å². The molecule has 0 unspecified atom stereocenters. The van der Waals surface area contributed by atoms with Crippen LogP contribution < -0.4 is 0 Å². The first-order chi connectivity index (χ1) is 14.9. The lowest BCUT2D eigenvalue weighted by molar-refractivity contribution is 0.0535. The van der Waals surface area contributed by atoms with E-state index < -0.39 is 6.10 Å². The Hall–Kier alpha value is -2.71. The van der Waals surface area contributed by atoms with Crippen LogP contribution in [-0.4, -0.2) is 60.1 Å². The van der Waals surface area contributed by atoms with E-state index in [4.69, 9.17) is 4.99 Å². The van der Waals surface area contributed by atoms with Gasteiger partial charge in [-0.1, -0.05) is 26.8 Å². The van der Waals surface area contributed by atoms with E-state index in [1.807, 2.05) is 37.2 Å². The summed E-state index contributed by atoms with van der Waals surface area (Å²) in [5.41, 5.74) is 4.56. The Morgan fingerprint density at radius 2 is 1.68 bits per heavy atom. The van der Waals surface area contributed by atoms with Crippen molar-refractivity contribution in [2.45, 2.75) is 65.1 Å². The van der Waals surface area contributed by atoms with Gasteiger partial charge in [0.2, 0.25) is 0 Å². The highest BCUT2D eigenvalue weighted by atomic mass is 16.3. The minimum Gasteiger partial charge on any atom is -0.394 e. The van der Waals surface area contributed by atoms with E-state index in [2.05, 4.69) is 48.1 Å². The van der Waals surface area contributed by atoms with E-state index in [0.29, 0.717) is 6.04 Å². The molecule has 0 saturated heterocycles. The first-order valence-corrected chi connectivity index (χ1v) is 11.0. The molecule has 0 aliphatic carbocycles. The second kappa shape index (κ2) is 10.1. The maximum atomic E-state index is 9.94. The minimum atomic E-state index is -0.871. The highest BCUT2D eigenvalue weighted by molar-refractivity contribution is 6.15. The topological polar surface area (TPSA) is 91.7 Å². The number of allylic oxidation sites excluding steroid dienone is 2. The number of hydrogen-bond donors (Lipinski definition) is 2. The smallest absolute Gasteiger partial charge is 0.0991 e. The lowest BCUT2D eigenvalue weighted by Gasteiger charge is -2.25. The predicted molar refractivity (Wildman–Crippen MR) is 123 cm³/mol. The molecular weight excluding hydrogens is 392 g/mol. The van der Waals surface area contributed by atoms with E-state index in [0.717, 1.165) is 47.5 Å². The van der Waals surface area contributed by atoms with Crippen LogP contribution in [0.3, 0.4) is 0 Å². The first kappa shape index (κ1) is 23.0. The molecular formula is C23H34N6O2. The van der Waals surface area contributed by atoms with Crippen molar-refractivity contribution < 1.29 is 10.2 Å². The SMILES string of the molecule is CC/C=C1/C(c2cnn(C(CC)CC)c2)=NC(c2cnn([C@H](C)[C@@H](O)CO)c2)=CN1C. The van der Waals surface area contributed by atoms with Gasteiger partial charge in [-0.3, -0.25) is 9.36 Å². The first-order valence-electron chi connectivity index (χ1n) is 11.0. The molecule has 3 heterocycles. The molecule has 3 rings (SSSR count). The maximum absolute atomic E-state index is 9.94. The zero-order valence-electron chi connectivity index (χ0n) is 19.1. The fraction of sp³-hybridized carbons (Fsp3) is 0.522. The van der Waals surface area contributed by atoms with Crippen LogP contribution in [-0.2, 0) is 0 Å². The van der Waals surface area contributed by atoms with Gasteiger partial charge in [-0.05, 0) is 26.2 Å². The molecule has 2 atom stereocenters. The van der Waals surface area contributed by atoms with Crippen molar-refractivity contribution in [1.29, 1.82) is 0 Å². The molecule has 8 heteroatoms. The van der Waals surface area contributed by atoms with Gasteiger partial charge in [0, 0.05) is 36.8 Å². The summed E-state index contributed by atoms with van der Waals surface area (Å²) in [6.07, 6.45) is 13.8. The van der Waals surface area contributed by atoms with Crippen LogP contribution in [0.5, 0.6) is 0 Å². The zero-order chi connectivity index (χ0) is 22.5. The number of aliphatic hydroxyl groups excluding tert-OH is 2. The highest BCUT2D eigenvalue weighted by Crippen LogP contribution is 2.28.